The summed E-state index contributed by atoms with van der Waals surface area (Å²) in [6.45, 7) is 3.03. The van der Waals surface area contributed by atoms with Crippen molar-refractivity contribution in [2.75, 3.05) is 28.7 Å². The lowest BCUT2D eigenvalue weighted by atomic mass is 10.2. The minimum atomic E-state index is -0.384. The second-order valence-electron chi connectivity index (χ2n) is 6.59. The van der Waals surface area contributed by atoms with Crippen LogP contribution in [0.4, 0.5) is 17.1 Å². The molecule has 0 unspecified atom stereocenters. The molecule has 30 heavy (non-hydrogen) atoms. The van der Waals surface area contributed by atoms with Crippen molar-refractivity contribution < 1.29 is 14.3 Å². The van der Waals surface area contributed by atoms with Gasteiger partial charge in [-0.3, -0.25) is 24.9 Å². The molecule has 152 valence electrons. The highest BCUT2D eigenvalue weighted by Gasteiger charge is 2.20. The zero-order chi connectivity index (χ0) is 21.1. The van der Waals surface area contributed by atoms with Crippen LogP contribution in [0, 0.1) is 12.3 Å². The van der Waals surface area contributed by atoms with Crippen molar-refractivity contribution in [3.63, 3.8) is 0 Å². The standard InChI is InChI=1S/C21H19N5O3S/c1-13-2-7-18(30-13)20(28)25-17-8-9-23-12-16(17)19(27)24-14-3-5-15(6-4-14)26-10-11-29-21(26)22/h2-9,12,22H,10-11H2,1H3,(H,24,27)(H,23,25,28). The number of ether oxygens (including phenoxy) is 1. The Morgan fingerprint density at radius 3 is 2.57 bits per heavy atom. The van der Waals surface area contributed by atoms with E-state index in [1.807, 2.05) is 25.1 Å². The number of carbonyl (C=O) groups excluding carboxylic acids is 2. The number of benzene rings is 1. The van der Waals surface area contributed by atoms with Gasteiger partial charge in [0.15, 0.2) is 0 Å². The lowest BCUT2D eigenvalue weighted by Crippen LogP contribution is -2.23. The first-order valence-electron chi connectivity index (χ1n) is 9.23. The molecular weight excluding hydrogens is 402 g/mol. The SMILES string of the molecule is Cc1ccc(C(=O)Nc2ccncc2C(=O)Nc2ccc(N3CCOC3=N)cc2)s1. The topological polar surface area (TPSA) is 107 Å². The molecule has 3 N–H and O–H groups in total. The van der Waals surface area contributed by atoms with Crippen molar-refractivity contribution in [2.45, 2.75) is 6.92 Å². The van der Waals surface area contributed by atoms with Crippen molar-refractivity contribution in [1.82, 2.24) is 4.98 Å². The summed E-state index contributed by atoms with van der Waals surface area (Å²) in [6.07, 6.45) is 2.94. The number of thiophene rings is 1. The fraction of sp³-hybridized carbons (Fsp3) is 0.143. The molecule has 1 aliphatic rings. The molecule has 3 aromatic rings. The van der Waals surface area contributed by atoms with E-state index in [-0.39, 0.29) is 23.4 Å². The molecule has 0 saturated carbocycles. The largest absolute Gasteiger partial charge is 0.463 e. The highest BCUT2D eigenvalue weighted by atomic mass is 32.1. The van der Waals surface area contributed by atoms with Crippen LogP contribution in [0.15, 0.2) is 54.9 Å². The maximum Gasteiger partial charge on any atom is 0.289 e. The number of pyridine rings is 1. The number of anilines is 3. The van der Waals surface area contributed by atoms with Gasteiger partial charge in [0.25, 0.3) is 17.8 Å². The molecule has 0 spiro atoms. The summed E-state index contributed by atoms with van der Waals surface area (Å²) in [5, 5.41) is 13.4. The fourth-order valence-electron chi connectivity index (χ4n) is 3.01. The number of amidine groups is 1. The van der Waals surface area contributed by atoms with Crippen molar-refractivity contribution in [1.29, 1.82) is 5.41 Å². The van der Waals surface area contributed by atoms with Gasteiger partial charge in [0, 0.05) is 28.6 Å². The molecule has 0 atom stereocenters. The highest BCUT2D eigenvalue weighted by molar-refractivity contribution is 7.14. The first kappa shape index (κ1) is 19.6. The zero-order valence-corrected chi connectivity index (χ0v) is 17.0. The van der Waals surface area contributed by atoms with E-state index in [0.717, 1.165) is 10.6 Å². The Hall–Kier alpha value is -3.72. The average molecular weight is 421 g/mol. The van der Waals surface area contributed by atoms with Crippen LogP contribution < -0.4 is 15.5 Å². The Morgan fingerprint density at radius 1 is 1.10 bits per heavy atom. The van der Waals surface area contributed by atoms with Gasteiger partial charge in [-0.25, -0.2) is 0 Å². The predicted octanol–water partition coefficient (Wildman–Crippen LogP) is 3.73. The summed E-state index contributed by atoms with van der Waals surface area (Å²) in [4.78, 5) is 32.6. The van der Waals surface area contributed by atoms with Crippen molar-refractivity contribution in [2.24, 2.45) is 0 Å². The first-order valence-corrected chi connectivity index (χ1v) is 10.0. The number of amides is 2. The molecule has 0 aliphatic carbocycles. The molecule has 2 aromatic heterocycles. The second-order valence-corrected chi connectivity index (χ2v) is 7.88. The Labute approximate surface area is 177 Å². The van der Waals surface area contributed by atoms with E-state index in [0.29, 0.717) is 29.4 Å². The van der Waals surface area contributed by atoms with E-state index in [4.69, 9.17) is 10.1 Å². The van der Waals surface area contributed by atoms with E-state index >= 15 is 0 Å². The number of aryl methyl sites for hydroxylation is 1. The third-order valence-electron chi connectivity index (χ3n) is 4.51. The molecular formula is C21H19N5O3S. The third kappa shape index (κ3) is 4.15. The molecule has 1 aromatic carbocycles. The summed E-state index contributed by atoms with van der Waals surface area (Å²) < 4.78 is 5.15. The zero-order valence-electron chi connectivity index (χ0n) is 16.1. The minimum absolute atomic E-state index is 0.114. The van der Waals surface area contributed by atoms with Gasteiger partial charge in [0.05, 0.1) is 22.7 Å². The van der Waals surface area contributed by atoms with Crippen LogP contribution in [0.2, 0.25) is 0 Å². The maximum atomic E-state index is 12.8. The quantitative estimate of drug-likeness (QED) is 0.582. The van der Waals surface area contributed by atoms with E-state index in [9.17, 15) is 9.59 Å². The molecule has 1 fully saturated rings. The van der Waals surface area contributed by atoms with Gasteiger partial charge in [-0.05, 0) is 49.4 Å². The van der Waals surface area contributed by atoms with Crippen LogP contribution in [0.3, 0.4) is 0 Å². The number of aromatic nitrogens is 1. The Kier molecular flexibility index (Phi) is 5.44. The van der Waals surface area contributed by atoms with Crippen molar-refractivity contribution in [3.05, 3.63) is 70.2 Å². The van der Waals surface area contributed by atoms with Crippen LogP contribution in [0.25, 0.3) is 0 Å². The van der Waals surface area contributed by atoms with Gasteiger partial charge in [-0.15, -0.1) is 11.3 Å². The Morgan fingerprint density at radius 2 is 1.90 bits per heavy atom. The molecule has 1 aliphatic heterocycles. The van der Waals surface area contributed by atoms with Gasteiger partial charge in [0.1, 0.15) is 6.61 Å². The van der Waals surface area contributed by atoms with Crippen LogP contribution in [-0.4, -0.2) is 36.0 Å². The number of carbonyl (C=O) groups is 2. The van der Waals surface area contributed by atoms with Crippen molar-refractivity contribution in [3.8, 4) is 0 Å². The lowest BCUT2D eigenvalue weighted by molar-refractivity contribution is 0.102. The molecule has 9 heteroatoms. The first-order chi connectivity index (χ1) is 14.5. The molecule has 2 amide bonds. The smallest absolute Gasteiger partial charge is 0.289 e. The van der Waals surface area contributed by atoms with Crippen LogP contribution in [-0.2, 0) is 4.74 Å². The fourth-order valence-corrected chi connectivity index (χ4v) is 3.77. The molecule has 8 nitrogen and oxygen atoms in total. The van der Waals surface area contributed by atoms with Crippen molar-refractivity contribution >= 4 is 46.2 Å². The molecule has 4 rings (SSSR count). The van der Waals surface area contributed by atoms with Crippen LogP contribution in [0.5, 0.6) is 0 Å². The summed E-state index contributed by atoms with van der Waals surface area (Å²) in [7, 11) is 0. The predicted molar refractivity (Wildman–Crippen MR) is 117 cm³/mol. The summed E-state index contributed by atoms with van der Waals surface area (Å²) >= 11 is 1.39. The van der Waals surface area contributed by atoms with Gasteiger partial charge < -0.3 is 15.4 Å². The summed E-state index contributed by atoms with van der Waals surface area (Å²) in [6, 6.07) is 12.5. The number of nitrogens with one attached hydrogen (secondary N) is 3. The maximum absolute atomic E-state index is 12.8. The highest BCUT2D eigenvalue weighted by Crippen LogP contribution is 2.23. The van der Waals surface area contributed by atoms with Crippen LogP contribution >= 0.6 is 11.3 Å². The van der Waals surface area contributed by atoms with Gasteiger partial charge in [-0.1, -0.05) is 0 Å². The lowest BCUT2D eigenvalue weighted by Gasteiger charge is -2.15. The molecule has 1 saturated heterocycles. The minimum Gasteiger partial charge on any atom is -0.463 e. The number of rotatable bonds is 5. The number of hydrogen-bond acceptors (Lipinski definition) is 6. The number of hydrogen-bond donors (Lipinski definition) is 3. The van der Waals surface area contributed by atoms with Gasteiger partial charge in [-0.2, -0.15) is 0 Å². The summed E-state index contributed by atoms with van der Waals surface area (Å²) in [5.74, 6) is -0.654. The van der Waals surface area contributed by atoms with E-state index in [1.54, 1.807) is 29.2 Å². The average Bonchev–Trinajstić information content (AvgIpc) is 3.37. The Bertz CT molecular complexity index is 1110. The van der Waals surface area contributed by atoms with E-state index < -0.39 is 0 Å². The van der Waals surface area contributed by atoms with Gasteiger partial charge in [0.2, 0.25) is 0 Å². The third-order valence-corrected chi connectivity index (χ3v) is 5.51. The number of nitrogens with zero attached hydrogens (tertiary/aromatic N) is 2. The normalized spacial score (nSPS) is 13.1. The molecule has 3 heterocycles. The second kappa shape index (κ2) is 8.34. The van der Waals surface area contributed by atoms with E-state index in [2.05, 4.69) is 15.6 Å². The monoisotopic (exact) mass is 421 g/mol. The van der Waals surface area contributed by atoms with Crippen LogP contribution in [0.1, 0.15) is 24.9 Å². The molecule has 0 radical (unpaired) electrons. The molecule has 0 bridgehead atoms. The Balaban J connectivity index is 1.47. The van der Waals surface area contributed by atoms with E-state index in [1.165, 1.54) is 23.7 Å². The van der Waals surface area contributed by atoms with Gasteiger partial charge >= 0.3 is 0 Å². The summed E-state index contributed by atoms with van der Waals surface area (Å²) in [5.41, 5.74) is 2.05.